The van der Waals surface area contributed by atoms with E-state index in [-0.39, 0.29) is 0 Å². The highest BCUT2D eigenvalue weighted by Crippen LogP contribution is 2.25. The van der Waals surface area contributed by atoms with E-state index in [1.54, 1.807) is 0 Å². The summed E-state index contributed by atoms with van der Waals surface area (Å²) in [6, 6.07) is 3.72. The molecule has 1 aromatic rings. The second kappa shape index (κ2) is 3.82. The Kier molecular flexibility index (Phi) is 3.01. The van der Waals surface area contributed by atoms with E-state index >= 15 is 0 Å². The molecular weight excluding hydrogens is 277 g/mol. The largest absolute Gasteiger partial charge is 0.259 e. The first-order valence-electron chi connectivity index (χ1n) is 2.75. The number of rotatable bonds is 2. The summed E-state index contributed by atoms with van der Waals surface area (Å²) in [4.78, 5) is 10.5. The van der Waals surface area contributed by atoms with Crippen LogP contribution in [0.5, 0.6) is 0 Å². The fraction of sp³-hybridized carbons (Fsp3) is 0. The predicted molar refractivity (Wildman–Crippen MR) is 53.3 cm³/mol. The monoisotopic (exact) mass is 281 g/mol. The smallest absolute Gasteiger partial charge is 0.249 e. The van der Waals surface area contributed by atoms with E-state index in [9.17, 15) is 10.1 Å². The number of nitro groups is 1. The first-order valence-corrected chi connectivity index (χ1v) is 4.70. The Morgan fingerprint density at radius 2 is 2.55 bits per heavy atom. The van der Waals surface area contributed by atoms with Crippen molar-refractivity contribution in [2.45, 2.75) is 0 Å². The fourth-order valence-corrected chi connectivity index (χ4v) is 1.99. The second-order valence-electron chi connectivity index (χ2n) is 1.74. The molecule has 0 saturated heterocycles. The van der Waals surface area contributed by atoms with E-state index in [0.717, 1.165) is 11.1 Å². The van der Waals surface area contributed by atoms with Crippen molar-refractivity contribution in [2.75, 3.05) is 0 Å². The molecule has 3 nitrogen and oxygen atoms in total. The summed E-state index contributed by atoms with van der Waals surface area (Å²) >= 11 is 3.44. The molecular formula is C6H4INO2S. The van der Waals surface area contributed by atoms with E-state index in [1.165, 1.54) is 11.3 Å². The zero-order chi connectivity index (χ0) is 8.27. The lowest BCUT2D eigenvalue weighted by atomic mass is 10.4. The Morgan fingerprint density at radius 3 is 3.00 bits per heavy atom. The van der Waals surface area contributed by atoms with E-state index in [1.807, 2.05) is 40.1 Å². The average molecular weight is 281 g/mol. The lowest BCUT2D eigenvalue weighted by Gasteiger charge is -1.86. The molecule has 0 aromatic carbocycles. The number of nitrogens with zero attached hydrogens (tertiary/aromatic N) is 1. The van der Waals surface area contributed by atoms with Gasteiger partial charge in [-0.1, -0.05) is 6.07 Å². The molecule has 0 spiro atoms. The molecule has 0 saturated carbocycles. The van der Waals surface area contributed by atoms with Gasteiger partial charge in [0.25, 0.3) is 0 Å². The number of hydrogen-bond donors (Lipinski definition) is 0. The highest BCUT2D eigenvalue weighted by Gasteiger charge is 2.01. The van der Waals surface area contributed by atoms with Gasteiger partial charge in [-0.15, -0.1) is 11.3 Å². The van der Waals surface area contributed by atoms with Gasteiger partial charge < -0.3 is 0 Å². The van der Waals surface area contributed by atoms with Crippen molar-refractivity contribution in [1.82, 2.24) is 0 Å². The van der Waals surface area contributed by atoms with Gasteiger partial charge in [-0.2, -0.15) is 0 Å². The molecule has 0 aliphatic carbocycles. The molecule has 1 heterocycles. The van der Waals surface area contributed by atoms with Gasteiger partial charge in [-0.25, -0.2) is 0 Å². The van der Waals surface area contributed by atoms with Crippen molar-refractivity contribution in [3.63, 3.8) is 0 Å². The predicted octanol–water partition coefficient (Wildman–Crippen LogP) is 2.76. The molecule has 0 radical (unpaired) electrons. The van der Waals surface area contributed by atoms with Crippen molar-refractivity contribution in [1.29, 1.82) is 0 Å². The SMILES string of the molecule is O=[N+]([O-])/C=C(\I)c1cccs1. The quantitative estimate of drug-likeness (QED) is 0.475. The van der Waals surface area contributed by atoms with Crippen LogP contribution < -0.4 is 0 Å². The average Bonchev–Trinajstić information content (AvgIpc) is 2.35. The van der Waals surface area contributed by atoms with Crippen molar-refractivity contribution >= 4 is 37.5 Å². The number of halogens is 1. The fourth-order valence-electron chi connectivity index (χ4n) is 0.571. The Labute approximate surface area is 81.0 Å². The molecule has 0 fully saturated rings. The van der Waals surface area contributed by atoms with Gasteiger partial charge in [0.15, 0.2) is 0 Å². The Balaban J connectivity index is 2.86. The summed E-state index contributed by atoms with van der Waals surface area (Å²) in [7, 11) is 0. The zero-order valence-corrected chi connectivity index (χ0v) is 8.33. The maximum absolute atomic E-state index is 10.0. The standard InChI is InChI=1S/C6H4INO2S/c7-5(4-8(9)10)6-2-1-3-11-6/h1-4H/b5-4-. The summed E-state index contributed by atoms with van der Waals surface area (Å²) in [6.45, 7) is 0. The molecule has 0 atom stereocenters. The van der Waals surface area contributed by atoms with Gasteiger partial charge in [0.05, 0.1) is 4.92 Å². The molecule has 0 unspecified atom stereocenters. The first-order chi connectivity index (χ1) is 5.20. The third-order valence-corrected chi connectivity index (χ3v) is 3.10. The lowest BCUT2D eigenvalue weighted by Crippen LogP contribution is -1.83. The summed E-state index contributed by atoms with van der Waals surface area (Å²) in [5.41, 5.74) is 0. The van der Waals surface area contributed by atoms with Crippen LogP contribution in [0.4, 0.5) is 0 Å². The number of thiophene rings is 1. The van der Waals surface area contributed by atoms with Crippen molar-refractivity contribution < 1.29 is 4.92 Å². The molecule has 11 heavy (non-hydrogen) atoms. The lowest BCUT2D eigenvalue weighted by molar-refractivity contribution is -0.401. The van der Waals surface area contributed by atoms with Crippen molar-refractivity contribution in [3.05, 3.63) is 38.7 Å². The van der Waals surface area contributed by atoms with Crippen LogP contribution in [0.15, 0.2) is 23.7 Å². The van der Waals surface area contributed by atoms with Crippen LogP contribution in [0.2, 0.25) is 0 Å². The van der Waals surface area contributed by atoms with Crippen LogP contribution in [0.1, 0.15) is 4.88 Å². The minimum Gasteiger partial charge on any atom is -0.259 e. The Hall–Kier alpha value is -0.430. The minimum absolute atomic E-state index is 0.443. The molecule has 0 bridgehead atoms. The molecule has 0 aliphatic rings. The Morgan fingerprint density at radius 1 is 1.82 bits per heavy atom. The van der Waals surface area contributed by atoms with Gasteiger partial charge >= 0.3 is 0 Å². The van der Waals surface area contributed by atoms with Crippen LogP contribution in [-0.2, 0) is 0 Å². The van der Waals surface area contributed by atoms with Crippen LogP contribution in [-0.4, -0.2) is 4.92 Å². The summed E-state index contributed by atoms with van der Waals surface area (Å²) in [5, 5.41) is 11.9. The molecule has 1 rings (SSSR count). The highest BCUT2D eigenvalue weighted by atomic mass is 127. The Bertz CT molecular complexity index is 281. The molecule has 5 heteroatoms. The first kappa shape index (κ1) is 8.66. The van der Waals surface area contributed by atoms with Gasteiger partial charge in [0.2, 0.25) is 6.20 Å². The van der Waals surface area contributed by atoms with E-state index in [2.05, 4.69) is 0 Å². The summed E-state index contributed by atoms with van der Waals surface area (Å²) in [6.07, 6.45) is 1.01. The molecule has 1 aromatic heterocycles. The van der Waals surface area contributed by atoms with E-state index in [0.29, 0.717) is 3.58 Å². The minimum atomic E-state index is -0.443. The van der Waals surface area contributed by atoms with Crippen LogP contribution >= 0.6 is 33.9 Å². The maximum atomic E-state index is 10.0. The maximum Gasteiger partial charge on any atom is 0.249 e. The third kappa shape index (κ3) is 2.58. The summed E-state index contributed by atoms with van der Waals surface area (Å²) < 4.78 is 0.669. The van der Waals surface area contributed by atoms with Gasteiger partial charge in [-0.05, 0) is 34.0 Å². The van der Waals surface area contributed by atoms with Crippen molar-refractivity contribution in [3.8, 4) is 0 Å². The summed E-state index contributed by atoms with van der Waals surface area (Å²) in [5.74, 6) is 0. The zero-order valence-electron chi connectivity index (χ0n) is 5.36. The van der Waals surface area contributed by atoms with Crippen LogP contribution in [0, 0.1) is 10.1 Å². The molecule has 0 aliphatic heterocycles. The van der Waals surface area contributed by atoms with E-state index in [4.69, 9.17) is 0 Å². The molecule has 0 N–H and O–H groups in total. The highest BCUT2D eigenvalue weighted by molar-refractivity contribution is 14.1. The van der Waals surface area contributed by atoms with Crippen LogP contribution in [0.3, 0.4) is 0 Å². The van der Waals surface area contributed by atoms with Gasteiger partial charge in [0, 0.05) is 4.88 Å². The number of hydrogen-bond acceptors (Lipinski definition) is 3. The third-order valence-electron chi connectivity index (χ3n) is 0.975. The molecule has 58 valence electrons. The normalized spacial score (nSPS) is 11.5. The van der Waals surface area contributed by atoms with E-state index < -0.39 is 4.92 Å². The van der Waals surface area contributed by atoms with Crippen molar-refractivity contribution in [2.24, 2.45) is 0 Å². The second-order valence-corrected chi connectivity index (χ2v) is 3.85. The van der Waals surface area contributed by atoms with Gasteiger partial charge in [0.1, 0.15) is 3.58 Å². The topological polar surface area (TPSA) is 43.1 Å². The van der Waals surface area contributed by atoms with Gasteiger partial charge in [-0.3, -0.25) is 10.1 Å². The molecule has 0 amide bonds. The van der Waals surface area contributed by atoms with Crippen LogP contribution in [0.25, 0.3) is 3.58 Å².